The molecule has 0 radical (unpaired) electrons. The summed E-state index contributed by atoms with van der Waals surface area (Å²) in [7, 11) is 0. The van der Waals surface area contributed by atoms with Crippen molar-refractivity contribution in [3.63, 3.8) is 0 Å². The summed E-state index contributed by atoms with van der Waals surface area (Å²) in [4.78, 5) is 10.6. The maximum atomic E-state index is 10.6. The van der Waals surface area contributed by atoms with E-state index in [4.69, 9.17) is 20.1 Å². The first-order valence-corrected chi connectivity index (χ1v) is 6.19. The summed E-state index contributed by atoms with van der Waals surface area (Å²) in [6.07, 6.45) is -1.42. The number of aliphatic hydroxyl groups is 4. The van der Waals surface area contributed by atoms with E-state index in [9.17, 15) is 15.0 Å². The van der Waals surface area contributed by atoms with Gasteiger partial charge in [-0.25, -0.2) is 4.79 Å². The minimum atomic E-state index is -1.26. The molecule has 21 heavy (non-hydrogen) atoms. The van der Waals surface area contributed by atoms with E-state index in [0.717, 1.165) is 6.26 Å². The topological polar surface area (TPSA) is 127 Å². The third-order valence-corrected chi connectivity index (χ3v) is 2.83. The van der Waals surface area contributed by atoms with Crippen molar-refractivity contribution >= 4 is 5.97 Å². The average molecular weight is 298 g/mol. The molecule has 5 N–H and O–H groups in total. The minimum Gasteiger partial charge on any atom is -0.478 e. The van der Waals surface area contributed by atoms with E-state index in [1.165, 1.54) is 25.1 Å². The predicted molar refractivity (Wildman–Crippen MR) is 72.6 cm³/mol. The molecule has 1 rings (SSSR count). The van der Waals surface area contributed by atoms with Crippen molar-refractivity contribution in [3.8, 4) is 5.75 Å². The van der Waals surface area contributed by atoms with Crippen LogP contribution in [0.1, 0.15) is 30.3 Å². The summed E-state index contributed by atoms with van der Waals surface area (Å²) in [5.41, 5.74) is 0.432. The Balaban J connectivity index is 3.10. The highest BCUT2D eigenvalue weighted by Crippen LogP contribution is 2.28. The van der Waals surface area contributed by atoms with E-state index in [2.05, 4.69) is 0 Å². The lowest BCUT2D eigenvalue weighted by atomic mass is 9.98. The van der Waals surface area contributed by atoms with Gasteiger partial charge in [0.05, 0.1) is 18.8 Å². The zero-order valence-corrected chi connectivity index (χ0v) is 11.4. The predicted octanol–water partition coefficient (Wildman–Crippen LogP) is 0.105. The van der Waals surface area contributed by atoms with Crippen molar-refractivity contribution in [3.05, 3.63) is 41.2 Å². The van der Waals surface area contributed by atoms with Crippen LogP contribution in [0, 0.1) is 0 Å². The molecule has 0 spiro atoms. The van der Waals surface area contributed by atoms with Crippen molar-refractivity contribution in [1.29, 1.82) is 0 Å². The van der Waals surface area contributed by atoms with Gasteiger partial charge >= 0.3 is 5.97 Å². The molecule has 1 aromatic carbocycles. The largest absolute Gasteiger partial charge is 0.478 e. The van der Waals surface area contributed by atoms with Crippen LogP contribution in [0.4, 0.5) is 0 Å². The number of aliphatic hydroxyl groups excluding tert-OH is 4. The number of aliphatic carboxylic acids is 1. The summed E-state index contributed by atoms with van der Waals surface area (Å²) < 4.78 is 5.15. The van der Waals surface area contributed by atoms with Gasteiger partial charge in [-0.2, -0.15) is 0 Å². The zero-order valence-electron chi connectivity index (χ0n) is 11.4. The first kappa shape index (κ1) is 17.1. The van der Waals surface area contributed by atoms with Gasteiger partial charge in [0.1, 0.15) is 24.2 Å². The normalized spacial score (nSPS) is 14.6. The maximum absolute atomic E-state index is 10.6. The highest BCUT2D eigenvalue weighted by atomic mass is 16.5. The molecule has 0 saturated heterocycles. The standard InChI is InChI=1S/C14H18O7/c1-8(14(19)20)7-21-9-2-3-10(12(17)5-15)11(4-9)13(18)6-16/h2-4,7,12-13,15-18H,5-6H2,1H3,(H,19,20). The van der Waals surface area contributed by atoms with E-state index >= 15 is 0 Å². The Morgan fingerprint density at radius 3 is 2.29 bits per heavy atom. The molecule has 0 aliphatic carbocycles. The summed E-state index contributed by atoms with van der Waals surface area (Å²) in [5, 5.41) is 46.1. The number of hydrogen-bond donors (Lipinski definition) is 5. The van der Waals surface area contributed by atoms with Gasteiger partial charge in [-0.05, 0) is 30.2 Å². The van der Waals surface area contributed by atoms with Gasteiger partial charge in [-0.1, -0.05) is 6.07 Å². The van der Waals surface area contributed by atoms with Gasteiger partial charge in [0, 0.05) is 0 Å². The Labute approximate surface area is 121 Å². The summed E-state index contributed by atoms with van der Waals surface area (Å²) in [6.45, 7) is 0.248. The van der Waals surface area contributed by atoms with Crippen LogP contribution in [-0.2, 0) is 4.79 Å². The van der Waals surface area contributed by atoms with Crippen LogP contribution in [-0.4, -0.2) is 44.7 Å². The second kappa shape index (κ2) is 7.75. The minimum absolute atomic E-state index is 0.0151. The van der Waals surface area contributed by atoms with E-state index in [1.807, 2.05) is 0 Å². The van der Waals surface area contributed by atoms with Crippen LogP contribution >= 0.6 is 0 Å². The summed E-state index contributed by atoms with van der Waals surface area (Å²) >= 11 is 0. The average Bonchev–Trinajstić information content (AvgIpc) is 2.50. The van der Waals surface area contributed by atoms with Gasteiger partial charge in [-0.15, -0.1) is 0 Å². The molecule has 2 atom stereocenters. The molecule has 2 unspecified atom stereocenters. The van der Waals surface area contributed by atoms with Crippen LogP contribution in [0.15, 0.2) is 30.0 Å². The highest BCUT2D eigenvalue weighted by molar-refractivity contribution is 5.85. The number of carboxylic acids is 1. The van der Waals surface area contributed by atoms with Crippen LogP contribution in [0.25, 0.3) is 0 Å². The third-order valence-electron chi connectivity index (χ3n) is 2.83. The smallest absolute Gasteiger partial charge is 0.334 e. The lowest BCUT2D eigenvalue weighted by Gasteiger charge is -2.18. The molecule has 0 amide bonds. The van der Waals surface area contributed by atoms with E-state index < -0.39 is 31.4 Å². The molecular formula is C14H18O7. The lowest BCUT2D eigenvalue weighted by molar-refractivity contribution is -0.132. The third kappa shape index (κ3) is 4.54. The fraction of sp³-hybridized carbons (Fsp3) is 0.357. The molecule has 0 heterocycles. The Morgan fingerprint density at radius 1 is 1.19 bits per heavy atom. The number of rotatable bonds is 7. The second-order valence-electron chi connectivity index (χ2n) is 4.41. The monoisotopic (exact) mass is 298 g/mol. The summed E-state index contributed by atoms with van der Waals surface area (Å²) in [5.74, 6) is -0.898. The molecular weight excluding hydrogens is 280 g/mol. The van der Waals surface area contributed by atoms with E-state index in [1.54, 1.807) is 0 Å². The maximum Gasteiger partial charge on any atom is 0.334 e. The van der Waals surface area contributed by atoms with Gasteiger partial charge in [0.15, 0.2) is 0 Å². The molecule has 0 bridgehead atoms. The second-order valence-corrected chi connectivity index (χ2v) is 4.41. The van der Waals surface area contributed by atoms with Crippen molar-refractivity contribution in [2.45, 2.75) is 19.1 Å². The highest BCUT2D eigenvalue weighted by Gasteiger charge is 2.18. The van der Waals surface area contributed by atoms with Crippen LogP contribution < -0.4 is 4.74 Å². The molecule has 7 nitrogen and oxygen atoms in total. The molecule has 1 aromatic rings. The number of carbonyl (C=O) groups is 1. The lowest BCUT2D eigenvalue weighted by Crippen LogP contribution is -2.12. The van der Waals surface area contributed by atoms with E-state index in [-0.39, 0.29) is 22.4 Å². The summed E-state index contributed by atoms with van der Waals surface area (Å²) in [6, 6.07) is 4.24. The molecule has 7 heteroatoms. The Morgan fingerprint density at radius 2 is 1.76 bits per heavy atom. The Hall–Kier alpha value is -1.93. The molecule has 116 valence electrons. The molecule has 0 aliphatic rings. The van der Waals surface area contributed by atoms with Crippen molar-refractivity contribution in [2.24, 2.45) is 0 Å². The van der Waals surface area contributed by atoms with Crippen LogP contribution in [0.5, 0.6) is 5.75 Å². The number of hydrogen-bond acceptors (Lipinski definition) is 6. The van der Waals surface area contributed by atoms with Gasteiger partial charge < -0.3 is 30.3 Å². The SMILES string of the molecule is CC(=COc1ccc(C(O)CO)c(C(O)CO)c1)C(=O)O. The van der Waals surface area contributed by atoms with Gasteiger partial charge in [-0.3, -0.25) is 0 Å². The molecule has 0 fully saturated rings. The number of carboxylic acid groups (broad SMARTS) is 1. The van der Waals surface area contributed by atoms with E-state index in [0.29, 0.717) is 0 Å². The molecule has 0 aliphatic heterocycles. The Kier molecular flexibility index (Phi) is 6.32. The van der Waals surface area contributed by atoms with Crippen LogP contribution in [0.3, 0.4) is 0 Å². The fourth-order valence-corrected chi connectivity index (χ4v) is 1.62. The molecule has 0 saturated carbocycles. The molecule has 0 aromatic heterocycles. The fourth-order valence-electron chi connectivity index (χ4n) is 1.62. The number of ether oxygens (including phenoxy) is 1. The zero-order chi connectivity index (χ0) is 16.0. The van der Waals surface area contributed by atoms with Gasteiger partial charge in [0.2, 0.25) is 0 Å². The first-order chi connectivity index (χ1) is 9.90. The quantitative estimate of drug-likeness (QED) is 0.357. The van der Waals surface area contributed by atoms with Crippen molar-refractivity contribution < 1.29 is 35.1 Å². The Bertz CT molecular complexity index is 524. The van der Waals surface area contributed by atoms with Crippen molar-refractivity contribution in [2.75, 3.05) is 13.2 Å². The van der Waals surface area contributed by atoms with Crippen LogP contribution in [0.2, 0.25) is 0 Å². The number of benzene rings is 1. The van der Waals surface area contributed by atoms with Gasteiger partial charge in [0.25, 0.3) is 0 Å². The van der Waals surface area contributed by atoms with Crippen molar-refractivity contribution in [1.82, 2.24) is 0 Å². The first-order valence-electron chi connectivity index (χ1n) is 6.19.